The standard InChI is InChI=1S/C16H13F3N2O4/c17-16(18,19)15(24)11(13(22)9-5-2-1-3-6-9)12(20-14(23)21-15)10-7-4-8-25-10/h1-8,11-12,24H,(H2,20,21,23)/t11-,12-,15-/m1/s1. The Morgan fingerprint density at radius 2 is 1.84 bits per heavy atom. The SMILES string of the molecule is O=C1N[C@H](c2ccco2)[C@H](C(=O)c2ccccc2)[C@@](O)(C(F)(F)F)N1. The third-order valence-electron chi connectivity index (χ3n) is 4.00. The summed E-state index contributed by atoms with van der Waals surface area (Å²) in [5.74, 6) is -3.15. The summed E-state index contributed by atoms with van der Waals surface area (Å²) in [4.78, 5) is 24.5. The number of Topliss-reactive ketones (excluding diaryl/α,β-unsaturated/α-hetero) is 1. The van der Waals surface area contributed by atoms with Crippen LogP contribution >= 0.6 is 0 Å². The molecule has 6 nitrogen and oxygen atoms in total. The minimum absolute atomic E-state index is 0.0373. The smallest absolute Gasteiger partial charge is 0.437 e. The normalized spacial score (nSPS) is 26.6. The van der Waals surface area contributed by atoms with Crippen LogP contribution in [-0.2, 0) is 0 Å². The minimum Gasteiger partial charge on any atom is -0.467 e. The molecule has 1 aliphatic rings. The molecule has 1 aromatic carbocycles. The average molecular weight is 354 g/mol. The molecule has 0 spiro atoms. The molecule has 3 N–H and O–H groups in total. The molecule has 9 heteroatoms. The lowest BCUT2D eigenvalue weighted by Gasteiger charge is -2.44. The van der Waals surface area contributed by atoms with Crippen LogP contribution in [0.15, 0.2) is 53.1 Å². The maximum atomic E-state index is 13.6. The average Bonchev–Trinajstić information content (AvgIpc) is 3.08. The number of carbonyl (C=O) groups is 2. The molecule has 1 fully saturated rings. The fourth-order valence-corrected chi connectivity index (χ4v) is 2.83. The molecule has 1 saturated heterocycles. The summed E-state index contributed by atoms with van der Waals surface area (Å²) < 4.78 is 45.8. The van der Waals surface area contributed by atoms with Crippen LogP contribution in [0.4, 0.5) is 18.0 Å². The Labute approximate surface area is 139 Å². The molecule has 25 heavy (non-hydrogen) atoms. The monoisotopic (exact) mass is 354 g/mol. The first-order chi connectivity index (χ1) is 11.7. The van der Waals surface area contributed by atoms with Gasteiger partial charge in [-0.2, -0.15) is 13.2 Å². The largest absolute Gasteiger partial charge is 0.467 e. The van der Waals surface area contributed by atoms with Crippen molar-refractivity contribution in [2.45, 2.75) is 17.9 Å². The first kappa shape index (κ1) is 17.0. The molecule has 0 aliphatic carbocycles. The zero-order valence-electron chi connectivity index (χ0n) is 12.6. The van der Waals surface area contributed by atoms with Crippen molar-refractivity contribution >= 4 is 11.8 Å². The molecule has 0 saturated carbocycles. The molecular weight excluding hydrogens is 341 g/mol. The van der Waals surface area contributed by atoms with Gasteiger partial charge >= 0.3 is 12.2 Å². The Kier molecular flexibility index (Phi) is 4.03. The Bertz CT molecular complexity index is 776. The number of hydrogen-bond donors (Lipinski definition) is 3. The fourth-order valence-electron chi connectivity index (χ4n) is 2.83. The number of halogens is 3. The van der Waals surface area contributed by atoms with Crippen LogP contribution in [0.5, 0.6) is 0 Å². The number of nitrogens with one attached hydrogen (secondary N) is 2. The molecule has 1 aromatic heterocycles. The molecule has 2 heterocycles. The van der Waals surface area contributed by atoms with Gasteiger partial charge in [0.25, 0.3) is 0 Å². The van der Waals surface area contributed by atoms with Crippen molar-refractivity contribution in [3.05, 3.63) is 60.1 Å². The van der Waals surface area contributed by atoms with Crippen LogP contribution in [0.3, 0.4) is 0 Å². The van der Waals surface area contributed by atoms with Gasteiger partial charge < -0.3 is 20.2 Å². The van der Waals surface area contributed by atoms with E-state index in [1.165, 1.54) is 48.0 Å². The van der Waals surface area contributed by atoms with Crippen molar-refractivity contribution in [2.24, 2.45) is 5.92 Å². The molecule has 0 bridgehead atoms. The molecule has 2 amide bonds. The number of alkyl halides is 3. The number of amides is 2. The van der Waals surface area contributed by atoms with Gasteiger partial charge in [-0.15, -0.1) is 0 Å². The van der Waals surface area contributed by atoms with E-state index in [1.807, 2.05) is 0 Å². The van der Waals surface area contributed by atoms with Crippen LogP contribution in [-0.4, -0.2) is 28.8 Å². The van der Waals surface area contributed by atoms with E-state index in [2.05, 4.69) is 5.32 Å². The van der Waals surface area contributed by atoms with Gasteiger partial charge in [-0.25, -0.2) is 4.79 Å². The highest BCUT2D eigenvalue weighted by molar-refractivity contribution is 6.00. The van der Waals surface area contributed by atoms with E-state index >= 15 is 0 Å². The first-order valence-electron chi connectivity index (χ1n) is 7.24. The predicted octanol–water partition coefficient (Wildman–Crippen LogP) is 2.38. The number of rotatable bonds is 3. The zero-order chi connectivity index (χ0) is 18.2. The van der Waals surface area contributed by atoms with E-state index in [0.717, 1.165) is 0 Å². The molecule has 3 rings (SSSR count). The van der Waals surface area contributed by atoms with Crippen molar-refractivity contribution in [1.82, 2.24) is 10.6 Å². The first-order valence-corrected chi connectivity index (χ1v) is 7.24. The van der Waals surface area contributed by atoms with Crippen molar-refractivity contribution in [1.29, 1.82) is 0 Å². The molecule has 132 valence electrons. The number of ketones is 1. The second-order valence-electron chi connectivity index (χ2n) is 5.56. The second-order valence-corrected chi connectivity index (χ2v) is 5.56. The molecule has 0 radical (unpaired) electrons. The van der Waals surface area contributed by atoms with E-state index < -0.39 is 35.7 Å². The van der Waals surface area contributed by atoms with Crippen LogP contribution in [0.1, 0.15) is 22.2 Å². The lowest BCUT2D eigenvalue weighted by molar-refractivity contribution is -0.288. The maximum Gasteiger partial charge on any atom is 0.437 e. The number of hydrogen-bond acceptors (Lipinski definition) is 4. The van der Waals surface area contributed by atoms with E-state index in [9.17, 15) is 27.9 Å². The summed E-state index contributed by atoms with van der Waals surface area (Å²) in [6.45, 7) is 0. The predicted molar refractivity (Wildman–Crippen MR) is 78.4 cm³/mol. The van der Waals surface area contributed by atoms with Gasteiger partial charge in [0.15, 0.2) is 5.78 Å². The van der Waals surface area contributed by atoms with E-state index in [1.54, 1.807) is 6.07 Å². The zero-order valence-corrected chi connectivity index (χ0v) is 12.6. The van der Waals surface area contributed by atoms with E-state index in [0.29, 0.717) is 0 Å². The number of furan rings is 1. The van der Waals surface area contributed by atoms with Gasteiger partial charge in [-0.3, -0.25) is 4.79 Å². The van der Waals surface area contributed by atoms with Gasteiger partial charge in [0.2, 0.25) is 5.72 Å². The Hall–Kier alpha value is -2.81. The fraction of sp³-hybridized carbons (Fsp3) is 0.250. The van der Waals surface area contributed by atoms with Crippen molar-refractivity contribution in [2.75, 3.05) is 0 Å². The molecule has 3 atom stereocenters. The van der Waals surface area contributed by atoms with E-state index in [-0.39, 0.29) is 11.3 Å². The Balaban J connectivity index is 2.14. The minimum atomic E-state index is -5.29. The third-order valence-corrected chi connectivity index (χ3v) is 4.00. The second kappa shape index (κ2) is 5.92. The number of benzene rings is 1. The molecule has 2 aromatic rings. The van der Waals surface area contributed by atoms with Gasteiger partial charge in [-0.1, -0.05) is 30.3 Å². The lowest BCUT2D eigenvalue weighted by atomic mass is 9.79. The quantitative estimate of drug-likeness (QED) is 0.738. The molecule has 1 aliphatic heterocycles. The summed E-state index contributed by atoms with van der Waals surface area (Å²) in [6.07, 6.45) is -4.09. The summed E-state index contributed by atoms with van der Waals surface area (Å²) in [5.41, 5.74) is -3.79. The van der Waals surface area contributed by atoms with Gasteiger partial charge in [-0.05, 0) is 12.1 Å². The van der Waals surface area contributed by atoms with E-state index in [4.69, 9.17) is 4.42 Å². The number of urea groups is 1. The summed E-state index contributed by atoms with van der Waals surface area (Å²) in [7, 11) is 0. The number of aliphatic hydroxyl groups is 1. The van der Waals surface area contributed by atoms with Crippen molar-refractivity contribution in [3.63, 3.8) is 0 Å². The van der Waals surface area contributed by atoms with Crippen molar-refractivity contribution in [3.8, 4) is 0 Å². The van der Waals surface area contributed by atoms with Crippen LogP contribution in [0, 0.1) is 5.92 Å². The van der Waals surface area contributed by atoms with Gasteiger partial charge in [0.1, 0.15) is 17.7 Å². The van der Waals surface area contributed by atoms with Crippen molar-refractivity contribution < 1.29 is 32.3 Å². The summed E-state index contributed by atoms with van der Waals surface area (Å²) in [5, 5.41) is 13.9. The van der Waals surface area contributed by atoms with Gasteiger partial charge in [0, 0.05) is 5.56 Å². The lowest BCUT2D eigenvalue weighted by Crippen LogP contribution is -2.72. The van der Waals surface area contributed by atoms with Crippen LogP contribution in [0.25, 0.3) is 0 Å². The maximum absolute atomic E-state index is 13.6. The number of carbonyl (C=O) groups excluding carboxylic acids is 2. The highest BCUT2D eigenvalue weighted by Gasteiger charge is 2.66. The van der Waals surface area contributed by atoms with Crippen LogP contribution in [0.2, 0.25) is 0 Å². The summed E-state index contributed by atoms with van der Waals surface area (Å²) >= 11 is 0. The topological polar surface area (TPSA) is 91.6 Å². The van der Waals surface area contributed by atoms with Crippen LogP contribution < -0.4 is 10.6 Å². The van der Waals surface area contributed by atoms with Gasteiger partial charge in [0.05, 0.1) is 6.26 Å². The molecular formula is C16H13F3N2O4. The molecule has 0 unspecified atom stereocenters. The third kappa shape index (κ3) is 2.86. The Morgan fingerprint density at radius 3 is 2.40 bits per heavy atom. The Morgan fingerprint density at radius 1 is 1.16 bits per heavy atom. The summed E-state index contributed by atoms with van der Waals surface area (Å²) in [6, 6.07) is 7.17. The highest BCUT2D eigenvalue weighted by Crippen LogP contribution is 2.43. The highest BCUT2D eigenvalue weighted by atomic mass is 19.4.